The minimum Gasteiger partial charge on any atom is -0.497 e. The minimum absolute atomic E-state index is 0.0409. The molecule has 11 heteroatoms. The maximum atomic E-state index is 13.5. The lowest BCUT2D eigenvalue weighted by Crippen LogP contribution is -2.30. The fourth-order valence-electron chi connectivity index (χ4n) is 4.85. The van der Waals surface area contributed by atoms with Crippen LogP contribution >= 0.6 is 11.8 Å². The van der Waals surface area contributed by atoms with Crippen molar-refractivity contribution >= 4 is 46.9 Å². The third-order valence-corrected chi connectivity index (χ3v) is 8.63. The van der Waals surface area contributed by atoms with E-state index in [1.807, 2.05) is 36.4 Å². The van der Waals surface area contributed by atoms with Crippen molar-refractivity contribution in [2.45, 2.75) is 24.0 Å². The predicted octanol–water partition coefficient (Wildman–Crippen LogP) is 6.02. The monoisotopic (exact) mass is 661 g/mol. The van der Waals surface area contributed by atoms with Crippen LogP contribution in [0.3, 0.4) is 0 Å². The number of methoxy groups -OCH3 is 1. The number of ether oxygens (including phenoxy) is 1. The highest BCUT2D eigenvalue weighted by molar-refractivity contribution is 8.00. The molecule has 0 radical (unpaired) electrons. The van der Waals surface area contributed by atoms with Gasteiger partial charge in [0, 0.05) is 23.2 Å². The van der Waals surface area contributed by atoms with Gasteiger partial charge in [0.05, 0.1) is 23.7 Å². The Morgan fingerprint density at radius 1 is 0.854 bits per heavy atom. The van der Waals surface area contributed by atoms with E-state index in [9.17, 15) is 19.2 Å². The van der Waals surface area contributed by atoms with Crippen molar-refractivity contribution in [3.05, 3.63) is 142 Å². The van der Waals surface area contributed by atoms with E-state index in [1.54, 1.807) is 112 Å². The number of nitrogens with zero attached hydrogens (tertiary/aromatic N) is 2. The van der Waals surface area contributed by atoms with Crippen molar-refractivity contribution < 1.29 is 19.1 Å². The topological polar surface area (TPSA) is 123 Å². The summed E-state index contributed by atoms with van der Waals surface area (Å²) in [6.07, 6.45) is 1.58. The van der Waals surface area contributed by atoms with E-state index in [4.69, 9.17) is 4.74 Å². The van der Waals surface area contributed by atoms with E-state index in [-0.39, 0.29) is 22.9 Å². The lowest BCUT2D eigenvalue weighted by molar-refractivity contribution is -0.115. The molecule has 1 atom stereocenters. The van der Waals surface area contributed by atoms with Gasteiger partial charge in [0.1, 0.15) is 17.1 Å². The van der Waals surface area contributed by atoms with Gasteiger partial charge in [0.2, 0.25) is 5.91 Å². The Kier molecular flexibility index (Phi) is 10.6. The summed E-state index contributed by atoms with van der Waals surface area (Å²) < 4.78 is 8.44. The van der Waals surface area contributed by atoms with E-state index < -0.39 is 17.1 Å². The molecule has 0 aliphatic heterocycles. The molecule has 1 aromatic heterocycles. The van der Waals surface area contributed by atoms with E-state index in [0.29, 0.717) is 33.9 Å². The fraction of sp³-hybridized carbons (Fsp3) is 0.135. The lowest BCUT2D eigenvalue weighted by atomic mass is 10.1. The van der Waals surface area contributed by atoms with Crippen molar-refractivity contribution in [3.8, 4) is 11.4 Å². The molecule has 3 amide bonds. The zero-order chi connectivity index (χ0) is 34.2. The fourth-order valence-corrected chi connectivity index (χ4v) is 5.78. The van der Waals surface area contributed by atoms with Crippen LogP contribution in [0.15, 0.2) is 125 Å². The first-order chi connectivity index (χ1) is 23.1. The maximum absolute atomic E-state index is 13.5. The summed E-state index contributed by atoms with van der Waals surface area (Å²) in [5, 5.41) is 7.83. The first-order valence-electron chi connectivity index (χ1n) is 15.1. The highest BCUT2D eigenvalue weighted by Crippen LogP contribution is 2.27. The van der Waals surface area contributed by atoms with E-state index >= 15 is 0 Å². The Bertz CT molecular complexity index is 2020. The number of aromatic nitrogens is 2. The normalized spacial score (nSPS) is 11.8. The van der Waals surface area contributed by atoms with Crippen molar-refractivity contribution in [1.29, 1.82) is 0 Å². The second-order valence-corrected chi connectivity index (χ2v) is 12.2. The van der Waals surface area contributed by atoms with Gasteiger partial charge >= 0.3 is 0 Å². The molecule has 0 aliphatic carbocycles. The number of carbonyl (C=O) groups is 3. The summed E-state index contributed by atoms with van der Waals surface area (Å²) in [6, 6.07) is 31.9. The van der Waals surface area contributed by atoms with Gasteiger partial charge < -0.3 is 20.7 Å². The lowest BCUT2D eigenvalue weighted by Gasteiger charge is -2.14. The van der Waals surface area contributed by atoms with Gasteiger partial charge in [-0.15, -0.1) is 11.8 Å². The van der Waals surface area contributed by atoms with Crippen LogP contribution in [-0.4, -0.2) is 39.4 Å². The maximum Gasteiger partial charge on any atom is 0.295 e. The van der Waals surface area contributed by atoms with Gasteiger partial charge in [0.15, 0.2) is 0 Å². The largest absolute Gasteiger partial charge is 0.497 e. The number of hydrogen-bond donors (Lipinski definition) is 3. The van der Waals surface area contributed by atoms with Crippen LogP contribution in [0.2, 0.25) is 0 Å². The van der Waals surface area contributed by atoms with Crippen LogP contribution in [0.1, 0.15) is 28.5 Å². The standard InChI is InChI=1S/C37H35N5O5S/c1-24-33(37(46)42(41(24)3)29-15-9-6-10-16-29)40-34(43)25(2)48-31-17-11-14-28(23-31)38-36(45)32(22-26-18-20-30(47-4)21-19-26)39-35(44)27-12-7-5-8-13-27/h5-23,25H,1-4H3,(H,38,45)(H,39,44)(H,40,43)/b32-22+. The molecule has 4 aromatic carbocycles. The van der Waals surface area contributed by atoms with E-state index in [2.05, 4.69) is 16.0 Å². The second-order valence-electron chi connectivity index (χ2n) is 10.8. The van der Waals surface area contributed by atoms with Crippen molar-refractivity contribution in [1.82, 2.24) is 14.7 Å². The van der Waals surface area contributed by atoms with Crippen molar-refractivity contribution in [3.63, 3.8) is 0 Å². The Labute approximate surface area is 282 Å². The molecule has 1 heterocycles. The van der Waals surface area contributed by atoms with Crippen LogP contribution in [0.5, 0.6) is 5.75 Å². The minimum atomic E-state index is -0.573. The van der Waals surface area contributed by atoms with Gasteiger partial charge in [-0.25, -0.2) is 4.68 Å². The van der Waals surface area contributed by atoms with Crippen LogP contribution in [0, 0.1) is 6.92 Å². The first-order valence-corrected chi connectivity index (χ1v) is 16.0. The number of anilines is 2. The van der Waals surface area contributed by atoms with Crippen LogP contribution in [0.4, 0.5) is 11.4 Å². The number of benzene rings is 4. The molecule has 0 saturated carbocycles. The van der Waals surface area contributed by atoms with Crippen molar-refractivity contribution in [2.75, 3.05) is 17.7 Å². The molecule has 244 valence electrons. The third-order valence-electron chi connectivity index (χ3n) is 7.53. The molecule has 3 N–H and O–H groups in total. The van der Waals surface area contributed by atoms with Crippen LogP contribution < -0.4 is 26.2 Å². The number of thioether (sulfide) groups is 1. The smallest absolute Gasteiger partial charge is 0.295 e. The summed E-state index contributed by atoms with van der Waals surface area (Å²) in [7, 11) is 3.33. The number of para-hydroxylation sites is 1. The van der Waals surface area contributed by atoms with Gasteiger partial charge in [-0.2, -0.15) is 0 Å². The number of amides is 3. The Morgan fingerprint density at radius 3 is 2.19 bits per heavy atom. The van der Waals surface area contributed by atoms with Crippen molar-refractivity contribution in [2.24, 2.45) is 7.05 Å². The molecule has 5 rings (SSSR count). The predicted molar refractivity (Wildman–Crippen MR) is 190 cm³/mol. The summed E-state index contributed by atoms with van der Waals surface area (Å²) >= 11 is 1.28. The Morgan fingerprint density at radius 2 is 1.52 bits per heavy atom. The zero-order valence-corrected chi connectivity index (χ0v) is 27.7. The molecular formula is C37H35N5O5S. The summed E-state index contributed by atoms with van der Waals surface area (Å²) in [6.45, 7) is 3.52. The van der Waals surface area contributed by atoms with Crippen LogP contribution in [-0.2, 0) is 16.6 Å². The van der Waals surface area contributed by atoms with Crippen LogP contribution in [0.25, 0.3) is 11.8 Å². The zero-order valence-electron chi connectivity index (χ0n) is 26.9. The van der Waals surface area contributed by atoms with Gasteiger partial charge in [-0.05, 0) is 80.1 Å². The third kappa shape index (κ3) is 7.94. The highest BCUT2D eigenvalue weighted by Gasteiger charge is 2.22. The Balaban J connectivity index is 1.30. The molecule has 0 spiro atoms. The molecule has 0 saturated heterocycles. The SMILES string of the molecule is COc1ccc(/C=C(/NC(=O)c2ccccc2)C(=O)Nc2cccc(SC(C)C(=O)Nc3c(C)n(C)n(-c4ccccc4)c3=O)c2)cc1. The van der Waals surface area contributed by atoms with Gasteiger partial charge in [0.25, 0.3) is 17.4 Å². The van der Waals surface area contributed by atoms with E-state index in [0.717, 1.165) is 4.90 Å². The number of carbonyl (C=O) groups excluding carboxylic acids is 3. The molecular weight excluding hydrogens is 627 g/mol. The molecule has 0 fully saturated rings. The highest BCUT2D eigenvalue weighted by atomic mass is 32.2. The number of nitrogens with one attached hydrogen (secondary N) is 3. The molecule has 0 aliphatic rings. The summed E-state index contributed by atoms with van der Waals surface area (Å²) in [4.78, 5) is 53.7. The average molecular weight is 662 g/mol. The Hall–Kier alpha value is -5.81. The quantitative estimate of drug-likeness (QED) is 0.118. The van der Waals surface area contributed by atoms with E-state index in [1.165, 1.54) is 16.4 Å². The summed E-state index contributed by atoms with van der Waals surface area (Å²) in [5.74, 6) is -0.642. The molecule has 10 nitrogen and oxygen atoms in total. The summed E-state index contributed by atoms with van der Waals surface area (Å²) in [5.41, 5.74) is 2.80. The first kappa shape index (κ1) is 33.6. The van der Waals surface area contributed by atoms with Gasteiger partial charge in [-0.1, -0.05) is 54.6 Å². The van der Waals surface area contributed by atoms with Gasteiger partial charge in [-0.3, -0.25) is 23.9 Å². The number of hydrogen-bond acceptors (Lipinski definition) is 6. The molecule has 0 bridgehead atoms. The molecule has 48 heavy (non-hydrogen) atoms. The molecule has 5 aromatic rings. The second kappa shape index (κ2) is 15.2. The number of rotatable bonds is 11. The average Bonchev–Trinajstić information content (AvgIpc) is 3.31. The molecule has 1 unspecified atom stereocenters.